The standard InChI is InChI=1S/C53H31NS2/c1-2-16-33-32(15-1)31-46(52-49(33)39-21-7-12-30-48(39)56-52)54(45-28-13-22-37-36-19-6-11-29-47(36)55-51(37)45)44-27-14-26-43-50(44)38-20-5-10-25-42(38)53(43)40-23-8-3-17-34(40)35-18-4-9-24-41(35)53/h1-31H. The van der Waals surface area contributed by atoms with E-state index in [1.54, 1.807) is 0 Å². The molecular weight excluding hydrogens is 715 g/mol. The summed E-state index contributed by atoms with van der Waals surface area (Å²) >= 11 is 3.81. The van der Waals surface area contributed by atoms with Crippen LogP contribution in [0.25, 0.3) is 73.4 Å². The maximum Gasteiger partial charge on any atom is 0.0726 e. The fourth-order valence-electron chi connectivity index (χ4n) is 10.3. The number of fused-ring (bicyclic) bond motifs is 18. The maximum atomic E-state index is 2.63. The van der Waals surface area contributed by atoms with E-state index in [0.29, 0.717) is 0 Å². The second-order valence-electron chi connectivity index (χ2n) is 15.1. The molecule has 0 amide bonds. The Morgan fingerprint density at radius 3 is 1.64 bits per heavy atom. The van der Waals surface area contributed by atoms with Crippen LogP contribution in [-0.2, 0) is 5.41 Å². The molecule has 0 N–H and O–H groups in total. The Balaban J connectivity index is 1.21. The third-order valence-corrected chi connectivity index (χ3v) is 14.9. The van der Waals surface area contributed by atoms with Crippen molar-refractivity contribution in [3.8, 4) is 22.3 Å². The van der Waals surface area contributed by atoms with E-state index in [-0.39, 0.29) is 0 Å². The van der Waals surface area contributed by atoms with Gasteiger partial charge in [0, 0.05) is 36.5 Å². The van der Waals surface area contributed by atoms with E-state index >= 15 is 0 Å². The zero-order chi connectivity index (χ0) is 36.5. The number of rotatable bonds is 3. The zero-order valence-electron chi connectivity index (χ0n) is 30.2. The van der Waals surface area contributed by atoms with Gasteiger partial charge in [-0.25, -0.2) is 0 Å². The second kappa shape index (κ2) is 11.3. The highest BCUT2D eigenvalue weighted by molar-refractivity contribution is 7.27. The topological polar surface area (TPSA) is 3.24 Å². The molecule has 1 nitrogen and oxygen atoms in total. The molecule has 2 heterocycles. The Morgan fingerprint density at radius 2 is 0.875 bits per heavy atom. The number of anilines is 3. The van der Waals surface area contributed by atoms with Crippen LogP contribution < -0.4 is 4.90 Å². The number of hydrogen-bond donors (Lipinski definition) is 0. The molecule has 0 unspecified atom stereocenters. The molecular formula is C53H31NS2. The first-order valence-corrected chi connectivity index (χ1v) is 20.9. The van der Waals surface area contributed by atoms with Gasteiger partial charge in [0.15, 0.2) is 0 Å². The van der Waals surface area contributed by atoms with E-state index in [9.17, 15) is 0 Å². The summed E-state index contributed by atoms with van der Waals surface area (Å²) in [6.07, 6.45) is 0. The van der Waals surface area contributed by atoms with Gasteiger partial charge in [-0.15, -0.1) is 22.7 Å². The Kier molecular flexibility index (Phi) is 6.19. The Hall–Kier alpha value is -6.52. The van der Waals surface area contributed by atoms with Crippen molar-refractivity contribution >= 4 is 90.9 Å². The summed E-state index contributed by atoms with van der Waals surface area (Å²) in [6, 6.07) is 70.6. The molecule has 0 saturated heterocycles. The molecule has 2 aliphatic rings. The van der Waals surface area contributed by atoms with E-state index in [1.165, 1.54) is 113 Å². The lowest BCUT2D eigenvalue weighted by Crippen LogP contribution is -2.26. The first kappa shape index (κ1) is 30.8. The van der Waals surface area contributed by atoms with Gasteiger partial charge < -0.3 is 4.90 Å². The fraction of sp³-hybridized carbons (Fsp3) is 0.0189. The van der Waals surface area contributed by atoms with Crippen molar-refractivity contribution in [2.24, 2.45) is 0 Å². The quantitative estimate of drug-likeness (QED) is 0.174. The molecule has 2 aliphatic carbocycles. The summed E-state index contributed by atoms with van der Waals surface area (Å²) in [5, 5.41) is 7.79. The average Bonchev–Trinajstić information content (AvgIpc) is 4.00. The SMILES string of the molecule is c1ccc2c(c1)-c1ccccc1C21c2ccccc2-c2c(N(c3cccc4c3sc3ccccc34)c3cc4ccccc4c4c3sc3ccccc34)cccc21. The largest absolute Gasteiger partial charge is 0.307 e. The highest BCUT2D eigenvalue weighted by Gasteiger charge is 2.52. The van der Waals surface area contributed by atoms with Gasteiger partial charge in [-0.1, -0.05) is 158 Å². The van der Waals surface area contributed by atoms with Crippen LogP contribution in [0.1, 0.15) is 22.3 Å². The van der Waals surface area contributed by atoms with E-state index in [4.69, 9.17) is 0 Å². The molecule has 9 aromatic carbocycles. The second-order valence-corrected chi connectivity index (χ2v) is 17.2. The van der Waals surface area contributed by atoms with Gasteiger partial charge in [-0.05, 0) is 80.0 Å². The predicted molar refractivity (Wildman–Crippen MR) is 241 cm³/mol. The van der Waals surface area contributed by atoms with E-state index in [1.807, 2.05) is 22.7 Å². The maximum absolute atomic E-state index is 2.63. The summed E-state index contributed by atoms with van der Waals surface area (Å²) in [7, 11) is 0. The van der Waals surface area contributed by atoms with Gasteiger partial charge in [-0.2, -0.15) is 0 Å². The van der Waals surface area contributed by atoms with Crippen LogP contribution in [0, 0.1) is 0 Å². The van der Waals surface area contributed by atoms with Gasteiger partial charge in [0.05, 0.1) is 31.9 Å². The zero-order valence-corrected chi connectivity index (χ0v) is 31.8. The molecule has 0 bridgehead atoms. The average molecular weight is 746 g/mol. The van der Waals surface area contributed by atoms with Crippen molar-refractivity contribution in [1.29, 1.82) is 0 Å². The summed E-state index contributed by atoms with van der Waals surface area (Å²) in [6.45, 7) is 0. The number of nitrogens with zero attached hydrogens (tertiary/aromatic N) is 1. The summed E-state index contributed by atoms with van der Waals surface area (Å²) < 4.78 is 5.22. The minimum absolute atomic E-state index is 0.430. The van der Waals surface area contributed by atoms with Gasteiger partial charge >= 0.3 is 0 Å². The van der Waals surface area contributed by atoms with Gasteiger partial charge in [0.2, 0.25) is 0 Å². The lowest BCUT2D eigenvalue weighted by atomic mass is 9.70. The van der Waals surface area contributed by atoms with Crippen molar-refractivity contribution in [2.45, 2.75) is 5.41 Å². The van der Waals surface area contributed by atoms with Crippen LogP contribution in [-0.4, -0.2) is 0 Å². The molecule has 0 aliphatic heterocycles. The van der Waals surface area contributed by atoms with Crippen molar-refractivity contribution < 1.29 is 0 Å². The fourth-order valence-corrected chi connectivity index (χ4v) is 12.8. The van der Waals surface area contributed by atoms with Crippen molar-refractivity contribution in [2.75, 3.05) is 4.90 Å². The molecule has 1 spiro atoms. The van der Waals surface area contributed by atoms with Gasteiger partial charge in [0.25, 0.3) is 0 Å². The lowest BCUT2D eigenvalue weighted by Gasteiger charge is -2.32. The Bertz CT molecular complexity index is 3410. The predicted octanol–water partition coefficient (Wildman–Crippen LogP) is 15.4. The number of hydrogen-bond acceptors (Lipinski definition) is 3. The summed E-state index contributed by atoms with van der Waals surface area (Å²) in [5.74, 6) is 0. The molecule has 0 fully saturated rings. The van der Waals surface area contributed by atoms with Crippen LogP contribution in [0.2, 0.25) is 0 Å². The van der Waals surface area contributed by atoms with E-state index < -0.39 is 5.41 Å². The van der Waals surface area contributed by atoms with Crippen LogP contribution in [0.15, 0.2) is 188 Å². The number of benzene rings is 9. The lowest BCUT2D eigenvalue weighted by molar-refractivity contribution is 0.794. The molecule has 260 valence electrons. The molecule has 11 aromatic rings. The van der Waals surface area contributed by atoms with Crippen LogP contribution in [0.3, 0.4) is 0 Å². The molecule has 3 heteroatoms. The first-order chi connectivity index (χ1) is 27.8. The first-order valence-electron chi connectivity index (χ1n) is 19.3. The molecule has 0 saturated carbocycles. The molecule has 2 aromatic heterocycles. The van der Waals surface area contributed by atoms with Crippen molar-refractivity contribution in [1.82, 2.24) is 0 Å². The Morgan fingerprint density at radius 1 is 0.357 bits per heavy atom. The summed E-state index contributed by atoms with van der Waals surface area (Å²) in [5.41, 5.74) is 13.9. The van der Waals surface area contributed by atoms with Gasteiger partial charge in [0.1, 0.15) is 0 Å². The third-order valence-electron chi connectivity index (χ3n) is 12.5. The minimum Gasteiger partial charge on any atom is -0.307 e. The highest BCUT2D eigenvalue weighted by Crippen LogP contribution is 2.65. The summed E-state index contributed by atoms with van der Waals surface area (Å²) in [4.78, 5) is 2.63. The van der Waals surface area contributed by atoms with Crippen LogP contribution in [0.4, 0.5) is 17.1 Å². The normalized spacial score (nSPS) is 13.5. The van der Waals surface area contributed by atoms with E-state index in [2.05, 4.69) is 193 Å². The smallest absolute Gasteiger partial charge is 0.0726 e. The molecule has 0 radical (unpaired) electrons. The third kappa shape index (κ3) is 3.84. The number of thiophene rings is 2. The van der Waals surface area contributed by atoms with Crippen LogP contribution in [0.5, 0.6) is 0 Å². The molecule has 0 atom stereocenters. The Labute approximate surface area is 332 Å². The van der Waals surface area contributed by atoms with Gasteiger partial charge in [-0.3, -0.25) is 0 Å². The van der Waals surface area contributed by atoms with Crippen molar-refractivity contribution in [3.05, 3.63) is 210 Å². The van der Waals surface area contributed by atoms with Crippen molar-refractivity contribution in [3.63, 3.8) is 0 Å². The van der Waals surface area contributed by atoms with E-state index in [0.717, 1.165) is 0 Å². The monoisotopic (exact) mass is 745 g/mol. The minimum atomic E-state index is -0.430. The van der Waals surface area contributed by atoms with Crippen LogP contribution >= 0.6 is 22.7 Å². The molecule has 56 heavy (non-hydrogen) atoms. The molecule has 13 rings (SSSR count). The highest BCUT2D eigenvalue weighted by atomic mass is 32.1.